The number of anilines is 1. The zero-order chi connectivity index (χ0) is 14.1. The largest absolute Gasteiger partial charge is 0.389 e. The van der Waals surface area contributed by atoms with Crippen molar-refractivity contribution in [3.63, 3.8) is 0 Å². The molecule has 3 nitrogen and oxygen atoms in total. The van der Waals surface area contributed by atoms with Crippen LogP contribution in [0.1, 0.15) is 31.7 Å². The van der Waals surface area contributed by atoms with Crippen molar-refractivity contribution in [2.75, 3.05) is 11.4 Å². The molecule has 0 bridgehead atoms. The summed E-state index contributed by atoms with van der Waals surface area (Å²) in [5, 5.41) is 1.04. The van der Waals surface area contributed by atoms with Crippen molar-refractivity contribution in [1.29, 1.82) is 0 Å². The number of rotatable bonds is 5. The predicted octanol–water partition coefficient (Wildman–Crippen LogP) is 3.25. The lowest BCUT2D eigenvalue weighted by molar-refractivity contribution is 0.752. The van der Waals surface area contributed by atoms with Gasteiger partial charge in [-0.2, -0.15) is 0 Å². The molecule has 1 fully saturated rings. The minimum atomic E-state index is 0.442. The number of hydrogen-bond donors (Lipinski definition) is 1. The molecule has 20 heavy (non-hydrogen) atoms. The molecule has 1 aliphatic rings. The van der Waals surface area contributed by atoms with E-state index >= 15 is 0 Å². The van der Waals surface area contributed by atoms with E-state index in [-0.39, 0.29) is 0 Å². The lowest BCUT2D eigenvalue weighted by atomic mass is 10.1. The number of nitrogens with zero attached hydrogens (tertiary/aromatic N) is 2. The molecule has 0 unspecified atom stereocenters. The SMILES string of the molecule is CCCN(c1cc(C(N)=S)c2ccccc2n1)C1CC1. The van der Waals surface area contributed by atoms with Gasteiger partial charge in [0.05, 0.1) is 5.52 Å². The summed E-state index contributed by atoms with van der Waals surface area (Å²) in [4.78, 5) is 7.65. The molecule has 1 aliphatic carbocycles. The molecule has 2 aromatic rings. The molecule has 1 aromatic carbocycles. The van der Waals surface area contributed by atoms with Gasteiger partial charge in [-0.25, -0.2) is 4.98 Å². The standard InChI is InChI=1S/C16H19N3S/c1-2-9-19(11-7-8-11)15-10-13(16(17)20)12-5-3-4-6-14(12)18-15/h3-6,10-11H,2,7-9H2,1H3,(H2,17,20). The van der Waals surface area contributed by atoms with E-state index in [0.717, 1.165) is 35.2 Å². The van der Waals surface area contributed by atoms with Crippen LogP contribution in [0.4, 0.5) is 5.82 Å². The first-order chi connectivity index (χ1) is 9.70. The summed E-state index contributed by atoms with van der Waals surface area (Å²) in [6.45, 7) is 3.23. The van der Waals surface area contributed by atoms with Crippen LogP contribution in [-0.2, 0) is 0 Å². The molecule has 0 spiro atoms. The molecule has 1 heterocycles. The second-order valence-electron chi connectivity index (χ2n) is 5.33. The van der Waals surface area contributed by atoms with Crippen LogP contribution in [0.15, 0.2) is 30.3 Å². The zero-order valence-corrected chi connectivity index (χ0v) is 12.5. The minimum absolute atomic E-state index is 0.442. The van der Waals surface area contributed by atoms with Crippen molar-refractivity contribution < 1.29 is 0 Å². The van der Waals surface area contributed by atoms with Crippen molar-refractivity contribution in [2.24, 2.45) is 5.73 Å². The van der Waals surface area contributed by atoms with Crippen LogP contribution in [0.25, 0.3) is 10.9 Å². The van der Waals surface area contributed by atoms with E-state index in [4.69, 9.17) is 22.9 Å². The maximum atomic E-state index is 5.90. The fraction of sp³-hybridized carbons (Fsp3) is 0.375. The van der Waals surface area contributed by atoms with E-state index in [2.05, 4.69) is 17.9 Å². The highest BCUT2D eigenvalue weighted by atomic mass is 32.1. The molecule has 0 atom stereocenters. The molecule has 3 rings (SSSR count). The summed E-state index contributed by atoms with van der Waals surface area (Å²) < 4.78 is 0. The molecule has 1 saturated carbocycles. The van der Waals surface area contributed by atoms with Crippen molar-refractivity contribution in [2.45, 2.75) is 32.2 Å². The summed E-state index contributed by atoms with van der Waals surface area (Å²) >= 11 is 5.21. The Morgan fingerprint density at radius 2 is 2.15 bits per heavy atom. The maximum absolute atomic E-state index is 5.90. The van der Waals surface area contributed by atoms with Crippen LogP contribution < -0.4 is 10.6 Å². The van der Waals surface area contributed by atoms with Gasteiger partial charge in [0.2, 0.25) is 0 Å². The summed E-state index contributed by atoms with van der Waals surface area (Å²) in [6, 6.07) is 10.8. The van der Waals surface area contributed by atoms with Crippen molar-refractivity contribution >= 4 is 33.9 Å². The number of aromatic nitrogens is 1. The number of pyridine rings is 1. The number of nitrogens with two attached hydrogens (primary N) is 1. The van der Waals surface area contributed by atoms with E-state index in [9.17, 15) is 0 Å². The fourth-order valence-electron chi connectivity index (χ4n) is 2.62. The Kier molecular flexibility index (Phi) is 3.57. The van der Waals surface area contributed by atoms with Crippen LogP contribution in [-0.4, -0.2) is 22.6 Å². The van der Waals surface area contributed by atoms with Gasteiger partial charge in [0.15, 0.2) is 0 Å². The number of hydrogen-bond acceptors (Lipinski definition) is 3. The van der Waals surface area contributed by atoms with Gasteiger partial charge in [-0.3, -0.25) is 0 Å². The molecule has 104 valence electrons. The van der Waals surface area contributed by atoms with Crippen LogP contribution >= 0.6 is 12.2 Å². The van der Waals surface area contributed by atoms with Gasteiger partial charge in [-0.15, -0.1) is 0 Å². The lowest BCUT2D eigenvalue weighted by Crippen LogP contribution is -2.28. The first kappa shape index (κ1) is 13.3. The number of benzene rings is 1. The van der Waals surface area contributed by atoms with E-state index in [0.29, 0.717) is 11.0 Å². The summed E-state index contributed by atoms with van der Waals surface area (Å²) in [7, 11) is 0. The average molecular weight is 285 g/mol. The Balaban J connectivity index is 2.13. The van der Waals surface area contributed by atoms with Gasteiger partial charge >= 0.3 is 0 Å². The van der Waals surface area contributed by atoms with Crippen molar-refractivity contribution in [1.82, 2.24) is 4.98 Å². The topological polar surface area (TPSA) is 42.1 Å². The van der Waals surface area contributed by atoms with E-state index in [1.54, 1.807) is 0 Å². The first-order valence-corrected chi connectivity index (χ1v) is 7.57. The molecule has 2 N–H and O–H groups in total. The molecular weight excluding hydrogens is 266 g/mol. The third-order valence-corrected chi connectivity index (χ3v) is 3.93. The van der Waals surface area contributed by atoms with E-state index in [1.807, 2.05) is 24.3 Å². The lowest BCUT2D eigenvalue weighted by Gasteiger charge is -2.24. The smallest absolute Gasteiger partial charge is 0.130 e. The first-order valence-electron chi connectivity index (χ1n) is 7.17. The minimum Gasteiger partial charge on any atom is -0.389 e. The van der Waals surface area contributed by atoms with E-state index in [1.165, 1.54) is 12.8 Å². The molecule has 4 heteroatoms. The van der Waals surface area contributed by atoms with Crippen molar-refractivity contribution in [3.05, 3.63) is 35.9 Å². The molecule has 1 aromatic heterocycles. The molecule has 0 aliphatic heterocycles. The van der Waals surface area contributed by atoms with Gasteiger partial charge in [-0.1, -0.05) is 37.3 Å². The third-order valence-electron chi connectivity index (χ3n) is 3.71. The molecule has 0 radical (unpaired) electrons. The highest BCUT2D eigenvalue weighted by Crippen LogP contribution is 2.32. The quantitative estimate of drug-likeness (QED) is 0.856. The van der Waals surface area contributed by atoms with Gasteiger partial charge in [0, 0.05) is 23.5 Å². The Labute approximate surface area is 124 Å². The monoisotopic (exact) mass is 285 g/mol. The van der Waals surface area contributed by atoms with Crippen LogP contribution in [0.2, 0.25) is 0 Å². The Bertz CT molecular complexity index is 649. The normalized spacial score (nSPS) is 14.4. The highest BCUT2D eigenvalue weighted by Gasteiger charge is 2.29. The van der Waals surface area contributed by atoms with Crippen LogP contribution in [0.3, 0.4) is 0 Å². The van der Waals surface area contributed by atoms with Gasteiger partial charge in [0.25, 0.3) is 0 Å². The predicted molar refractivity (Wildman–Crippen MR) is 88.3 cm³/mol. The maximum Gasteiger partial charge on any atom is 0.130 e. The second kappa shape index (κ2) is 5.37. The molecule has 0 saturated heterocycles. The second-order valence-corrected chi connectivity index (χ2v) is 5.77. The van der Waals surface area contributed by atoms with Gasteiger partial charge in [-0.05, 0) is 31.4 Å². The Hall–Kier alpha value is -1.68. The van der Waals surface area contributed by atoms with Crippen molar-refractivity contribution in [3.8, 4) is 0 Å². The Morgan fingerprint density at radius 3 is 2.80 bits per heavy atom. The molecule has 0 amide bonds. The Morgan fingerprint density at radius 1 is 1.40 bits per heavy atom. The molecular formula is C16H19N3S. The highest BCUT2D eigenvalue weighted by molar-refractivity contribution is 7.80. The van der Waals surface area contributed by atoms with Gasteiger partial charge < -0.3 is 10.6 Å². The van der Waals surface area contributed by atoms with Crippen LogP contribution in [0, 0.1) is 0 Å². The average Bonchev–Trinajstić information content (AvgIpc) is 3.28. The van der Waals surface area contributed by atoms with Gasteiger partial charge in [0.1, 0.15) is 10.8 Å². The number of fused-ring (bicyclic) bond motifs is 1. The summed E-state index contributed by atoms with van der Waals surface area (Å²) in [5.74, 6) is 1.01. The summed E-state index contributed by atoms with van der Waals surface area (Å²) in [5.41, 5.74) is 7.80. The fourth-order valence-corrected chi connectivity index (χ4v) is 2.79. The zero-order valence-electron chi connectivity index (χ0n) is 11.7. The number of thiocarbonyl (C=S) groups is 1. The van der Waals surface area contributed by atoms with Crippen LogP contribution in [0.5, 0.6) is 0 Å². The third kappa shape index (κ3) is 2.48. The van der Waals surface area contributed by atoms with E-state index < -0.39 is 0 Å². The summed E-state index contributed by atoms with van der Waals surface area (Å²) in [6.07, 6.45) is 3.64. The number of para-hydroxylation sites is 1.